The molecule has 23 heavy (non-hydrogen) atoms. The second-order valence-corrected chi connectivity index (χ2v) is 6.32. The number of carbonyl (C=O) groups excluding carboxylic acids is 2. The lowest BCUT2D eigenvalue weighted by Gasteiger charge is -2.23. The number of benzene rings is 1. The average molecular weight is 322 g/mol. The molecule has 0 aliphatic heterocycles. The Bertz CT molecular complexity index is 564. The van der Waals surface area contributed by atoms with Gasteiger partial charge in [0.2, 0.25) is 0 Å². The van der Waals surface area contributed by atoms with E-state index in [2.05, 4.69) is 10.6 Å². The van der Waals surface area contributed by atoms with Crippen molar-refractivity contribution >= 4 is 17.7 Å². The Morgan fingerprint density at radius 1 is 1.26 bits per heavy atom. The summed E-state index contributed by atoms with van der Waals surface area (Å²) in [6, 6.07) is 5.05. The van der Waals surface area contributed by atoms with Crippen LogP contribution in [0.1, 0.15) is 31.9 Å². The van der Waals surface area contributed by atoms with Crippen LogP contribution in [0.2, 0.25) is 0 Å². The van der Waals surface area contributed by atoms with Gasteiger partial charge in [0.1, 0.15) is 11.6 Å². The van der Waals surface area contributed by atoms with Crippen molar-refractivity contribution in [2.24, 2.45) is 0 Å². The highest BCUT2D eigenvalue weighted by atomic mass is 16.6. The summed E-state index contributed by atoms with van der Waals surface area (Å²) < 4.78 is 9.99. The van der Waals surface area contributed by atoms with Crippen molar-refractivity contribution in [3.63, 3.8) is 0 Å². The lowest BCUT2D eigenvalue weighted by atomic mass is 10.0. The largest absolute Gasteiger partial charge is 0.467 e. The molecule has 2 N–H and O–H groups in total. The van der Waals surface area contributed by atoms with E-state index in [1.807, 2.05) is 32.2 Å². The van der Waals surface area contributed by atoms with Crippen LogP contribution >= 0.6 is 0 Å². The molecule has 1 rings (SSSR count). The summed E-state index contributed by atoms with van der Waals surface area (Å²) >= 11 is 0. The van der Waals surface area contributed by atoms with Crippen LogP contribution in [0.25, 0.3) is 0 Å². The lowest BCUT2D eigenvalue weighted by Crippen LogP contribution is -2.45. The van der Waals surface area contributed by atoms with Crippen molar-refractivity contribution in [3.05, 3.63) is 29.3 Å². The van der Waals surface area contributed by atoms with Gasteiger partial charge < -0.3 is 20.1 Å². The molecule has 0 heterocycles. The van der Waals surface area contributed by atoms with Gasteiger partial charge in [0.15, 0.2) is 0 Å². The minimum atomic E-state index is -0.805. The highest BCUT2D eigenvalue weighted by molar-refractivity contribution is 5.81. The molecule has 1 amide bonds. The first kappa shape index (κ1) is 18.8. The zero-order valence-corrected chi connectivity index (χ0v) is 14.6. The van der Waals surface area contributed by atoms with Crippen molar-refractivity contribution in [1.29, 1.82) is 0 Å². The second kappa shape index (κ2) is 7.85. The van der Waals surface area contributed by atoms with Gasteiger partial charge in [-0.2, -0.15) is 0 Å². The van der Waals surface area contributed by atoms with Crippen molar-refractivity contribution in [2.45, 2.75) is 45.8 Å². The standard InChI is InChI=1S/C17H26N2O4/c1-11-7-8-13(18-5)9-12(11)10-14(15(20)22-6)19-16(21)23-17(2,3)4/h7-9,14,18H,10H2,1-6H3,(H,19,21)/t14-/m0/s1. The number of ether oxygens (including phenoxy) is 2. The summed E-state index contributed by atoms with van der Waals surface area (Å²) in [5.74, 6) is -0.509. The van der Waals surface area contributed by atoms with Gasteiger partial charge in [-0.25, -0.2) is 9.59 Å². The third kappa shape index (κ3) is 6.18. The van der Waals surface area contributed by atoms with Crippen molar-refractivity contribution in [2.75, 3.05) is 19.5 Å². The normalized spacial score (nSPS) is 12.3. The smallest absolute Gasteiger partial charge is 0.408 e. The fourth-order valence-corrected chi connectivity index (χ4v) is 2.05. The summed E-state index contributed by atoms with van der Waals surface area (Å²) in [7, 11) is 3.12. The average Bonchev–Trinajstić information content (AvgIpc) is 2.45. The zero-order valence-electron chi connectivity index (χ0n) is 14.6. The molecule has 1 aromatic carbocycles. The number of hydrogen-bond acceptors (Lipinski definition) is 5. The van der Waals surface area contributed by atoms with Gasteiger partial charge in [-0.15, -0.1) is 0 Å². The first-order valence-corrected chi connectivity index (χ1v) is 7.51. The van der Waals surface area contributed by atoms with Gasteiger partial charge >= 0.3 is 12.1 Å². The number of carbonyl (C=O) groups is 2. The Morgan fingerprint density at radius 3 is 2.43 bits per heavy atom. The van der Waals surface area contributed by atoms with Crippen LogP contribution < -0.4 is 10.6 Å². The Labute approximate surface area is 137 Å². The first-order valence-electron chi connectivity index (χ1n) is 7.51. The second-order valence-electron chi connectivity index (χ2n) is 6.32. The Morgan fingerprint density at radius 2 is 1.91 bits per heavy atom. The maximum atomic E-state index is 12.0. The molecular formula is C17H26N2O4. The number of rotatable bonds is 5. The highest BCUT2D eigenvalue weighted by Crippen LogP contribution is 2.17. The Hall–Kier alpha value is -2.24. The van der Waals surface area contributed by atoms with E-state index in [9.17, 15) is 9.59 Å². The number of aryl methyl sites for hydroxylation is 1. The van der Waals surface area contributed by atoms with E-state index in [0.29, 0.717) is 6.42 Å². The summed E-state index contributed by atoms with van der Waals surface area (Å²) in [5, 5.41) is 5.64. The van der Waals surface area contributed by atoms with Gasteiger partial charge in [0.05, 0.1) is 7.11 Å². The number of nitrogens with one attached hydrogen (secondary N) is 2. The molecule has 0 unspecified atom stereocenters. The molecule has 1 aromatic rings. The van der Waals surface area contributed by atoms with Crippen molar-refractivity contribution in [3.8, 4) is 0 Å². The lowest BCUT2D eigenvalue weighted by molar-refractivity contribution is -0.143. The Kier molecular flexibility index (Phi) is 6.42. The molecule has 0 saturated carbocycles. The van der Waals surface area contributed by atoms with Crippen LogP contribution in [0, 0.1) is 6.92 Å². The summed E-state index contributed by atoms with van der Waals surface area (Å²) in [5.41, 5.74) is 2.28. The minimum Gasteiger partial charge on any atom is -0.467 e. The number of esters is 1. The molecule has 6 heteroatoms. The van der Waals surface area contributed by atoms with Gasteiger partial charge in [0.25, 0.3) is 0 Å². The molecule has 1 atom stereocenters. The summed E-state index contributed by atoms with van der Waals surface area (Å²) in [6.07, 6.45) is -0.317. The van der Waals surface area contributed by atoms with E-state index in [1.54, 1.807) is 20.8 Å². The molecule has 6 nitrogen and oxygen atoms in total. The molecule has 0 aliphatic carbocycles. The number of amides is 1. The molecule has 128 valence electrons. The number of anilines is 1. The monoisotopic (exact) mass is 322 g/mol. The number of alkyl carbamates (subject to hydrolysis) is 1. The third-order valence-corrected chi connectivity index (χ3v) is 3.24. The quantitative estimate of drug-likeness (QED) is 0.815. The van der Waals surface area contributed by atoms with Crippen LogP contribution in [-0.4, -0.2) is 37.9 Å². The summed E-state index contributed by atoms with van der Waals surface area (Å²) in [6.45, 7) is 7.25. The van der Waals surface area contributed by atoms with Crippen molar-refractivity contribution in [1.82, 2.24) is 5.32 Å². The van der Waals surface area contributed by atoms with E-state index in [1.165, 1.54) is 7.11 Å². The van der Waals surface area contributed by atoms with Crippen LogP contribution in [0.3, 0.4) is 0 Å². The number of hydrogen-bond donors (Lipinski definition) is 2. The minimum absolute atomic E-state index is 0.327. The predicted molar refractivity (Wildman–Crippen MR) is 89.6 cm³/mol. The van der Waals surface area contributed by atoms with Gasteiger partial charge in [0, 0.05) is 19.2 Å². The van der Waals surface area contributed by atoms with Gasteiger partial charge in [-0.1, -0.05) is 6.07 Å². The highest BCUT2D eigenvalue weighted by Gasteiger charge is 2.25. The van der Waals surface area contributed by atoms with E-state index in [0.717, 1.165) is 16.8 Å². The van der Waals surface area contributed by atoms with Crippen LogP contribution in [0.4, 0.5) is 10.5 Å². The molecule has 0 aliphatic rings. The van der Waals surface area contributed by atoms with Crippen LogP contribution in [0.15, 0.2) is 18.2 Å². The van der Waals surface area contributed by atoms with Crippen molar-refractivity contribution < 1.29 is 19.1 Å². The maximum absolute atomic E-state index is 12.0. The SMILES string of the molecule is CNc1ccc(C)c(C[C@H](NC(=O)OC(C)(C)C)C(=O)OC)c1. The van der Waals surface area contributed by atoms with E-state index >= 15 is 0 Å². The molecule has 0 bridgehead atoms. The maximum Gasteiger partial charge on any atom is 0.408 e. The van der Waals surface area contributed by atoms with Crippen LogP contribution in [-0.2, 0) is 20.7 Å². The van der Waals surface area contributed by atoms with Gasteiger partial charge in [-0.3, -0.25) is 0 Å². The number of methoxy groups -OCH3 is 1. The molecule has 0 spiro atoms. The summed E-state index contributed by atoms with van der Waals surface area (Å²) in [4.78, 5) is 23.9. The third-order valence-electron chi connectivity index (χ3n) is 3.24. The molecule has 0 radical (unpaired) electrons. The zero-order chi connectivity index (χ0) is 17.6. The van der Waals surface area contributed by atoms with E-state index in [4.69, 9.17) is 9.47 Å². The molecule has 0 saturated heterocycles. The van der Waals surface area contributed by atoms with E-state index in [-0.39, 0.29) is 0 Å². The fourth-order valence-electron chi connectivity index (χ4n) is 2.05. The first-order chi connectivity index (χ1) is 10.7. The van der Waals surface area contributed by atoms with Gasteiger partial charge in [-0.05, 0) is 51.0 Å². The Balaban J connectivity index is 2.91. The predicted octanol–water partition coefficient (Wildman–Crippen LogP) is 2.65. The topological polar surface area (TPSA) is 76.7 Å². The molecule has 0 aromatic heterocycles. The molecule has 0 fully saturated rings. The fraction of sp³-hybridized carbons (Fsp3) is 0.529. The van der Waals surface area contributed by atoms with Crippen LogP contribution in [0.5, 0.6) is 0 Å². The molecular weight excluding hydrogens is 296 g/mol. The van der Waals surface area contributed by atoms with E-state index < -0.39 is 23.7 Å².